The first-order valence-corrected chi connectivity index (χ1v) is 11.5. The Labute approximate surface area is 206 Å². The monoisotopic (exact) mass is 641 g/mol. The van der Waals surface area contributed by atoms with E-state index in [-0.39, 0.29) is 11.6 Å². The zero-order valence-corrected chi connectivity index (χ0v) is 20.5. The van der Waals surface area contributed by atoms with Gasteiger partial charge in [-0.2, -0.15) is 0 Å². The third-order valence-electron chi connectivity index (χ3n) is 4.26. The highest BCUT2D eigenvalue weighted by Crippen LogP contribution is 2.26. The third kappa shape index (κ3) is 5.22. The van der Waals surface area contributed by atoms with Gasteiger partial charge in [-0.15, -0.1) is 0 Å². The molecule has 3 aromatic carbocycles. The van der Waals surface area contributed by atoms with Crippen LogP contribution in [0.15, 0.2) is 77.4 Å². The Kier molecular flexibility index (Phi) is 6.74. The van der Waals surface area contributed by atoms with Crippen molar-refractivity contribution in [2.45, 2.75) is 6.61 Å². The Bertz CT molecular complexity index is 1170. The molecule has 0 bridgehead atoms. The summed E-state index contributed by atoms with van der Waals surface area (Å²) in [5.74, 6) is 0.464. The first-order valence-electron chi connectivity index (χ1n) is 8.93. The third-order valence-corrected chi connectivity index (χ3v) is 5.93. The number of halogens is 3. The minimum Gasteiger partial charge on any atom is -0.489 e. The lowest BCUT2D eigenvalue weighted by molar-refractivity contribution is -0.129. The van der Waals surface area contributed by atoms with Gasteiger partial charge in [0.1, 0.15) is 12.4 Å². The van der Waals surface area contributed by atoms with E-state index in [1.807, 2.05) is 54.6 Å². The molecule has 4 nitrogen and oxygen atoms in total. The fourth-order valence-corrected chi connectivity index (χ4v) is 4.09. The van der Waals surface area contributed by atoms with E-state index in [0.29, 0.717) is 17.2 Å². The van der Waals surface area contributed by atoms with E-state index in [1.165, 1.54) is 3.57 Å². The molecule has 0 unspecified atom stereocenters. The van der Waals surface area contributed by atoms with Crippen molar-refractivity contribution in [1.82, 2.24) is 0 Å². The van der Waals surface area contributed by atoms with Gasteiger partial charge in [-0.3, -0.25) is 0 Å². The minimum atomic E-state index is -0.501. The smallest absolute Gasteiger partial charge is 0.363 e. The Morgan fingerprint density at radius 1 is 1.00 bits per heavy atom. The number of aliphatic imine (C=N–C) groups is 1. The molecule has 150 valence electrons. The maximum atomic E-state index is 12.2. The van der Waals surface area contributed by atoms with Gasteiger partial charge in [-0.05, 0) is 105 Å². The molecule has 0 spiro atoms. The van der Waals surface area contributed by atoms with E-state index in [1.54, 1.807) is 12.1 Å². The Morgan fingerprint density at radius 3 is 2.53 bits per heavy atom. The van der Waals surface area contributed by atoms with Crippen molar-refractivity contribution in [3.63, 3.8) is 0 Å². The van der Waals surface area contributed by atoms with Crippen LogP contribution in [0, 0.1) is 7.14 Å². The lowest BCUT2D eigenvalue weighted by Gasteiger charge is -2.07. The van der Waals surface area contributed by atoms with Crippen LogP contribution in [0.25, 0.3) is 6.08 Å². The summed E-state index contributed by atoms with van der Waals surface area (Å²) in [6.45, 7) is 0.494. The summed E-state index contributed by atoms with van der Waals surface area (Å²) < 4.78 is 13.3. The summed E-state index contributed by atoms with van der Waals surface area (Å²) in [5, 5.41) is 0.484. The zero-order chi connectivity index (χ0) is 21.1. The van der Waals surface area contributed by atoms with Crippen molar-refractivity contribution in [2.24, 2.45) is 4.99 Å². The van der Waals surface area contributed by atoms with E-state index in [0.717, 1.165) is 20.4 Å². The lowest BCUT2D eigenvalue weighted by atomic mass is 10.2. The van der Waals surface area contributed by atoms with Crippen molar-refractivity contribution in [3.05, 3.63) is 101 Å². The molecule has 0 amide bonds. The van der Waals surface area contributed by atoms with Crippen molar-refractivity contribution in [3.8, 4) is 5.75 Å². The topological polar surface area (TPSA) is 47.9 Å². The molecule has 0 aliphatic carbocycles. The molecule has 0 atom stereocenters. The van der Waals surface area contributed by atoms with Crippen LogP contribution >= 0.6 is 56.8 Å². The van der Waals surface area contributed by atoms with Crippen molar-refractivity contribution < 1.29 is 14.3 Å². The largest absolute Gasteiger partial charge is 0.489 e. The number of nitrogens with zero attached hydrogens (tertiary/aromatic N) is 1. The van der Waals surface area contributed by atoms with Crippen LogP contribution in [0.3, 0.4) is 0 Å². The molecule has 4 rings (SSSR count). The Hall–Kier alpha value is -1.91. The fraction of sp³-hybridized carbons (Fsp3) is 0.0435. The second-order valence-electron chi connectivity index (χ2n) is 6.45. The van der Waals surface area contributed by atoms with E-state index in [4.69, 9.17) is 21.1 Å². The van der Waals surface area contributed by atoms with E-state index < -0.39 is 5.97 Å². The zero-order valence-electron chi connectivity index (χ0n) is 15.4. The number of hydrogen-bond acceptors (Lipinski definition) is 4. The molecule has 30 heavy (non-hydrogen) atoms. The van der Waals surface area contributed by atoms with Gasteiger partial charge in [-0.1, -0.05) is 35.9 Å². The highest BCUT2D eigenvalue weighted by molar-refractivity contribution is 14.1. The number of hydrogen-bond donors (Lipinski definition) is 0. The van der Waals surface area contributed by atoms with E-state index in [9.17, 15) is 4.79 Å². The maximum Gasteiger partial charge on any atom is 0.363 e. The van der Waals surface area contributed by atoms with Gasteiger partial charge in [0.15, 0.2) is 5.70 Å². The van der Waals surface area contributed by atoms with Crippen LogP contribution in [0.5, 0.6) is 5.75 Å². The standard InChI is InChI=1S/C23H14ClI2NO3/c24-20-9-6-17(26)12-19(20)22-27-21(23(28)30-22)11-14-4-7-18(8-5-14)29-13-15-2-1-3-16(25)10-15/h1-12H,13H2/b21-11-. The summed E-state index contributed by atoms with van der Waals surface area (Å²) in [7, 11) is 0. The second-order valence-corrected chi connectivity index (χ2v) is 9.35. The lowest BCUT2D eigenvalue weighted by Crippen LogP contribution is -2.06. The number of carbonyl (C=O) groups excluding carboxylic acids is 1. The molecule has 1 aliphatic rings. The van der Waals surface area contributed by atoms with Crippen LogP contribution < -0.4 is 4.74 Å². The molecule has 0 aromatic heterocycles. The molecule has 7 heteroatoms. The summed E-state index contributed by atoms with van der Waals surface area (Å²) in [6, 6.07) is 21.1. The van der Waals surface area contributed by atoms with E-state index in [2.05, 4.69) is 56.2 Å². The molecule has 1 aliphatic heterocycles. The van der Waals surface area contributed by atoms with Crippen LogP contribution in [-0.4, -0.2) is 11.9 Å². The fourth-order valence-electron chi connectivity index (χ4n) is 2.80. The van der Waals surface area contributed by atoms with Gasteiger partial charge in [0, 0.05) is 7.14 Å². The summed E-state index contributed by atoms with van der Waals surface area (Å²) in [5.41, 5.74) is 2.76. The average Bonchev–Trinajstić information content (AvgIpc) is 3.09. The quantitative estimate of drug-likeness (QED) is 0.182. The predicted octanol–water partition coefficient (Wildman–Crippen LogP) is 6.47. The van der Waals surface area contributed by atoms with E-state index >= 15 is 0 Å². The number of carbonyl (C=O) groups is 1. The summed E-state index contributed by atoms with van der Waals surface area (Å²) in [6.07, 6.45) is 1.68. The summed E-state index contributed by atoms with van der Waals surface area (Å²) in [4.78, 5) is 16.6. The molecule has 0 saturated heterocycles. The Balaban J connectivity index is 1.48. The van der Waals surface area contributed by atoms with Gasteiger partial charge in [0.25, 0.3) is 0 Å². The molecule has 1 heterocycles. The molecule has 0 radical (unpaired) electrons. The first kappa shape index (κ1) is 21.3. The first-order chi connectivity index (χ1) is 14.5. The minimum absolute atomic E-state index is 0.215. The van der Waals surface area contributed by atoms with Crippen LogP contribution in [0.2, 0.25) is 5.02 Å². The van der Waals surface area contributed by atoms with Crippen molar-refractivity contribution in [2.75, 3.05) is 0 Å². The molecule has 0 fully saturated rings. The SMILES string of the molecule is O=C1OC(c2cc(I)ccc2Cl)=N/C1=C\c1ccc(OCc2cccc(I)c2)cc1. The number of ether oxygens (including phenoxy) is 2. The van der Waals surface area contributed by atoms with Crippen LogP contribution in [0.1, 0.15) is 16.7 Å². The maximum absolute atomic E-state index is 12.2. The normalized spacial score (nSPS) is 14.6. The Morgan fingerprint density at radius 2 is 1.77 bits per heavy atom. The number of benzene rings is 3. The van der Waals surface area contributed by atoms with Crippen LogP contribution in [-0.2, 0) is 16.1 Å². The van der Waals surface area contributed by atoms with Gasteiger partial charge in [-0.25, -0.2) is 9.79 Å². The van der Waals surface area contributed by atoms with Crippen LogP contribution in [0.4, 0.5) is 0 Å². The molecule has 3 aromatic rings. The number of esters is 1. The second kappa shape index (κ2) is 9.49. The van der Waals surface area contributed by atoms with Crippen molar-refractivity contribution >= 4 is 74.7 Å². The van der Waals surface area contributed by atoms with Gasteiger partial charge >= 0.3 is 5.97 Å². The van der Waals surface area contributed by atoms with Gasteiger partial charge in [0.2, 0.25) is 5.90 Å². The summed E-state index contributed by atoms with van der Waals surface area (Å²) >= 11 is 10.7. The van der Waals surface area contributed by atoms with Gasteiger partial charge in [0.05, 0.1) is 10.6 Å². The van der Waals surface area contributed by atoms with Gasteiger partial charge < -0.3 is 9.47 Å². The van der Waals surface area contributed by atoms with Crippen molar-refractivity contribution in [1.29, 1.82) is 0 Å². The molecule has 0 saturated carbocycles. The highest BCUT2D eigenvalue weighted by atomic mass is 127. The highest BCUT2D eigenvalue weighted by Gasteiger charge is 2.25. The average molecular weight is 642 g/mol. The number of cyclic esters (lactones) is 1. The predicted molar refractivity (Wildman–Crippen MR) is 135 cm³/mol. The molecular formula is C23H14ClI2NO3. The molecule has 0 N–H and O–H groups in total. The molecular weight excluding hydrogens is 628 g/mol. The number of rotatable bonds is 5.